The van der Waals surface area contributed by atoms with Gasteiger partial charge in [0, 0.05) is 30.9 Å². The second-order valence-corrected chi connectivity index (χ2v) is 6.26. The molecule has 0 spiro atoms. The molecule has 1 fully saturated rings. The van der Waals surface area contributed by atoms with Gasteiger partial charge in [-0.1, -0.05) is 6.07 Å². The van der Waals surface area contributed by atoms with E-state index >= 15 is 0 Å². The molecule has 0 saturated carbocycles. The number of nitrogens with one attached hydrogen (secondary N) is 2. The Morgan fingerprint density at radius 3 is 2.75 bits per heavy atom. The van der Waals surface area contributed by atoms with E-state index in [0.29, 0.717) is 6.54 Å². The number of aryl methyl sites for hydroxylation is 2. The van der Waals surface area contributed by atoms with Gasteiger partial charge in [-0.05, 0) is 51.0 Å². The largest absolute Gasteiger partial charge is 0.325 e. The lowest BCUT2D eigenvalue weighted by atomic mass is 10.0. The molecule has 0 atom stereocenters. The molecule has 110 valence electrons. The third kappa shape index (κ3) is 3.58. The zero-order valence-corrected chi connectivity index (χ0v) is 12.9. The van der Waals surface area contributed by atoms with E-state index in [1.807, 2.05) is 18.2 Å². The zero-order valence-electron chi connectivity index (χ0n) is 12.9. The molecule has 1 heterocycles. The number of nitrogens with zero attached hydrogens (tertiary/aromatic N) is 1. The van der Waals surface area contributed by atoms with Crippen LogP contribution in [0.4, 0.5) is 5.69 Å². The highest BCUT2D eigenvalue weighted by Crippen LogP contribution is 2.17. The second-order valence-electron chi connectivity index (χ2n) is 6.26. The maximum atomic E-state index is 12.2. The third-order valence-electron chi connectivity index (χ3n) is 4.10. The number of benzene rings is 1. The Labute approximate surface area is 121 Å². The first-order valence-electron chi connectivity index (χ1n) is 7.21. The molecule has 20 heavy (non-hydrogen) atoms. The van der Waals surface area contributed by atoms with Crippen LogP contribution in [-0.4, -0.2) is 42.5 Å². The Morgan fingerprint density at radius 1 is 1.35 bits per heavy atom. The molecule has 0 bridgehead atoms. The molecule has 0 unspecified atom stereocenters. The molecule has 4 heteroatoms. The standard InChI is InChI=1S/C16H25N3O/c1-12-5-6-14(9-13(12)2)18-15(20)10-19-8-7-17-11-16(19,3)4/h5-6,9,17H,7-8,10-11H2,1-4H3,(H,18,20). The molecule has 0 aliphatic carbocycles. The fourth-order valence-corrected chi connectivity index (χ4v) is 2.51. The summed E-state index contributed by atoms with van der Waals surface area (Å²) >= 11 is 0. The molecular weight excluding hydrogens is 250 g/mol. The minimum atomic E-state index is 0.0266. The average molecular weight is 275 g/mol. The fourth-order valence-electron chi connectivity index (χ4n) is 2.51. The van der Waals surface area contributed by atoms with Gasteiger partial charge in [0.05, 0.1) is 6.54 Å². The lowest BCUT2D eigenvalue weighted by molar-refractivity contribution is -0.119. The fraction of sp³-hybridized carbons (Fsp3) is 0.562. The number of hydrogen-bond donors (Lipinski definition) is 2. The molecule has 1 aliphatic rings. The number of carbonyl (C=O) groups excluding carboxylic acids is 1. The topological polar surface area (TPSA) is 44.4 Å². The minimum absolute atomic E-state index is 0.0266. The van der Waals surface area contributed by atoms with Crippen LogP contribution in [0.1, 0.15) is 25.0 Å². The highest BCUT2D eigenvalue weighted by Gasteiger charge is 2.30. The lowest BCUT2D eigenvalue weighted by Crippen LogP contribution is -2.59. The highest BCUT2D eigenvalue weighted by molar-refractivity contribution is 5.92. The first-order chi connectivity index (χ1) is 9.38. The summed E-state index contributed by atoms with van der Waals surface area (Å²) < 4.78 is 0. The van der Waals surface area contributed by atoms with Crippen molar-refractivity contribution in [1.82, 2.24) is 10.2 Å². The molecule has 2 rings (SSSR count). The molecule has 1 aromatic carbocycles. The second kappa shape index (κ2) is 5.94. The Kier molecular flexibility index (Phi) is 4.45. The van der Waals surface area contributed by atoms with Crippen molar-refractivity contribution in [2.24, 2.45) is 0 Å². The summed E-state index contributed by atoms with van der Waals surface area (Å²) in [4.78, 5) is 14.4. The van der Waals surface area contributed by atoms with Crippen LogP contribution in [0.15, 0.2) is 18.2 Å². The van der Waals surface area contributed by atoms with Gasteiger partial charge in [-0.2, -0.15) is 0 Å². The van der Waals surface area contributed by atoms with Gasteiger partial charge in [0.15, 0.2) is 0 Å². The molecule has 1 amide bonds. The summed E-state index contributed by atoms with van der Waals surface area (Å²) in [6.45, 7) is 11.7. The predicted molar refractivity (Wildman–Crippen MR) is 83.1 cm³/mol. The summed E-state index contributed by atoms with van der Waals surface area (Å²) in [5, 5.41) is 6.36. The number of amides is 1. The van der Waals surface area contributed by atoms with Gasteiger partial charge in [0.25, 0.3) is 0 Å². The van der Waals surface area contributed by atoms with Crippen molar-refractivity contribution in [1.29, 1.82) is 0 Å². The first-order valence-corrected chi connectivity index (χ1v) is 7.21. The monoisotopic (exact) mass is 275 g/mol. The lowest BCUT2D eigenvalue weighted by Gasteiger charge is -2.42. The van der Waals surface area contributed by atoms with Gasteiger partial charge >= 0.3 is 0 Å². The summed E-state index contributed by atoms with van der Waals surface area (Å²) in [7, 11) is 0. The Morgan fingerprint density at radius 2 is 2.10 bits per heavy atom. The Hall–Kier alpha value is -1.39. The normalized spacial score (nSPS) is 18.8. The van der Waals surface area contributed by atoms with E-state index in [2.05, 4.69) is 43.2 Å². The van der Waals surface area contributed by atoms with Crippen molar-refractivity contribution < 1.29 is 4.79 Å². The van der Waals surface area contributed by atoms with Crippen LogP contribution in [0.25, 0.3) is 0 Å². The summed E-state index contributed by atoms with van der Waals surface area (Å²) in [5.74, 6) is 0.0585. The van der Waals surface area contributed by atoms with Crippen LogP contribution in [0.3, 0.4) is 0 Å². The van der Waals surface area contributed by atoms with E-state index in [1.54, 1.807) is 0 Å². The number of anilines is 1. The van der Waals surface area contributed by atoms with Crippen molar-refractivity contribution >= 4 is 11.6 Å². The molecule has 1 saturated heterocycles. The van der Waals surface area contributed by atoms with Crippen LogP contribution in [-0.2, 0) is 4.79 Å². The van der Waals surface area contributed by atoms with Crippen molar-refractivity contribution in [2.75, 3.05) is 31.5 Å². The van der Waals surface area contributed by atoms with Crippen LogP contribution in [0, 0.1) is 13.8 Å². The molecule has 1 aromatic rings. The van der Waals surface area contributed by atoms with E-state index in [1.165, 1.54) is 11.1 Å². The number of piperazine rings is 1. The Bertz CT molecular complexity index is 496. The average Bonchev–Trinajstić information content (AvgIpc) is 2.36. The van der Waals surface area contributed by atoms with Gasteiger partial charge in [-0.15, -0.1) is 0 Å². The molecule has 4 nitrogen and oxygen atoms in total. The molecule has 2 N–H and O–H groups in total. The molecule has 0 aromatic heterocycles. The van der Waals surface area contributed by atoms with Gasteiger partial charge in [-0.25, -0.2) is 0 Å². The van der Waals surface area contributed by atoms with Gasteiger partial charge in [-0.3, -0.25) is 9.69 Å². The SMILES string of the molecule is Cc1ccc(NC(=O)CN2CCNCC2(C)C)cc1C. The van der Waals surface area contributed by atoms with Crippen LogP contribution < -0.4 is 10.6 Å². The van der Waals surface area contributed by atoms with Gasteiger partial charge in [0.2, 0.25) is 5.91 Å². The Balaban J connectivity index is 1.96. The van der Waals surface area contributed by atoms with Crippen LogP contribution >= 0.6 is 0 Å². The summed E-state index contributed by atoms with van der Waals surface area (Å²) in [6.07, 6.45) is 0. The highest BCUT2D eigenvalue weighted by atomic mass is 16.2. The van der Waals surface area contributed by atoms with Crippen molar-refractivity contribution in [3.63, 3.8) is 0 Å². The van der Waals surface area contributed by atoms with Gasteiger partial charge in [0.1, 0.15) is 0 Å². The number of hydrogen-bond acceptors (Lipinski definition) is 3. The number of rotatable bonds is 3. The van der Waals surface area contributed by atoms with E-state index < -0.39 is 0 Å². The molecule has 1 aliphatic heterocycles. The first kappa shape index (κ1) is 15.0. The molecular formula is C16H25N3O. The number of carbonyl (C=O) groups is 1. The summed E-state index contributed by atoms with van der Waals surface area (Å²) in [5.41, 5.74) is 3.35. The maximum absolute atomic E-state index is 12.2. The maximum Gasteiger partial charge on any atom is 0.238 e. The quantitative estimate of drug-likeness (QED) is 0.886. The van der Waals surface area contributed by atoms with Crippen LogP contribution in [0.5, 0.6) is 0 Å². The van der Waals surface area contributed by atoms with Crippen molar-refractivity contribution in [2.45, 2.75) is 33.2 Å². The van der Waals surface area contributed by atoms with E-state index in [-0.39, 0.29) is 11.4 Å². The zero-order chi connectivity index (χ0) is 14.8. The smallest absolute Gasteiger partial charge is 0.238 e. The van der Waals surface area contributed by atoms with Crippen LogP contribution in [0.2, 0.25) is 0 Å². The third-order valence-corrected chi connectivity index (χ3v) is 4.10. The van der Waals surface area contributed by atoms with E-state index in [0.717, 1.165) is 25.3 Å². The minimum Gasteiger partial charge on any atom is -0.325 e. The van der Waals surface area contributed by atoms with E-state index in [9.17, 15) is 4.79 Å². The van der Waals surface area contributed by atoms with Crippen molar-refractivity contribution in [3.05, 3.63) is 29.3 Å². The van der Waals surface area contributed by atoms with E-state index in [4.69, 9.17) is 0 Å². The predicted octanol–water partition coefficient (Wildman–Crippen LogP) is 1.93. The summed E-state index contributed by atoms with van der Waals surface area (Å²) in [6, 6.07) is 6.03. The van der Waals surface area contributed by atoms with Crippen molar-refractivity contribution in [3.8, 4) is 0 Å². The van der Waals surface area contributed by atoms with Gasteiger partial charge < -0.3 is 10.6 Å². The molecule has 0 radical (unpaired) electrons.